The lowest BCUT2D eigenvalue weighted by atomic mass is 10.1. The number of halogens is 1. The van der Waals surface area contributed by atoms with Gasteiger partial charge >= 0.3 is 0 Å². The van der Waals surface area contributed by atoms with E-state index >= 15 is 0 Å². The number of benzene rings is 1. The van der Waals surface area contributed by atoms with Crippen LogP contribution in [0.15, 0.2) is 29.3 Å². The predicted molar refractivity (Wildman–Crippen MR) is 119 cm³/mol. The molecule has 0 saturated carbocycles. The van der Waals surface area contributed by atoms with Crippen molar-refractivity contribution in [3.63, 3.8) is 0 Å². The van der Waals surface area contributed by atoms with E-state index in [1.807, 2.05) is 13.0 Å². The predicted octanol–water partition coefficient (Wildman–Crippen LogP) is 1.28. The van der Waals surface area contributed by atoms with Crippen molar-refractivity contribution >= 4 is 35.8 Å². The number of carbonyl (C=O) groups is 1. The Morgan fingerprint density at radius 2 is 1.85 bits per heavy atom. The van der Waals surface area contributed by atoms with E-state index in [4.69, 9.17) is 4.74 Å². The lowest BCUT2D eigenvalue weighted by molar-refractivity contribution is -0.127. The molecule has 2 rings (SSSR count). The van der Waals surface area contributed by atoms with Gasteiger partial charge in [-0.1, -0.05) is 24.3 Å². The summed E-state index contributed by atoms with van der Waals surface area (Å²) in [5.41, 5.74) is 2.49. The summed E-state index contributed by atoms with van der Waals surface area (Å²) < 4.78 is 5.43. The molecule has 8 heteroatoms. The van der Waals surface area contributed by atoms with Crippen LogP contribution in [0.2, 0.25) is 0 Å². The first-order valence-electron chi connectivity index (χ1n) is 9.19. The number of morpholine rings is 1. The summed E-state index contributed by atoms with van der Waals surface area (Å²) in [5, 5.41) is 6.28. The van der Waals surface area contributed by atoms with Crippen LogP contribution >= 0.6 is 24.0 Å². The quantitative estimate of drug-likeness (QED) is 0.343. The van der Waals surface area contributed by atoms with Crippen LogP contribution in [0.3, 0.4) is 0 Å². The number of aliphatic imine (C=N–C) groups is 1. The Bertz CT molecular complexity index is 604. The Hall–Kier alpha value is -1.39. The van der Waals surface area contributed by atoms with E-state index in [-0.39, 0.29) is 36.4 Å². The highest BCUT2D eigenvalue weighted by atomic mass is 127. The molecular weight excluding hydrogens is 457 g/mol. The van der Waals surface area contributed by atoms with Gasteiger partial charge in [-0.2, -0.15) is 0 Å². The van der Waals surface area contributed by atoms with Gasteiger partial charge in [0.15, 0.2) is 5.96 Å². The van der Waals surface area contributed by atoms with Gasteiger partial charge in [0.1, 0.15) is 0 Å². The van der Waals surface area contributed by atoms with E-state index in [0.717, 1.165) is 39.4 Å². The molecule has 1 heterocycles. The van der Waals surface area contributed by atoms with Gasteiger partial charge in [0, 0.05) is 40.3 Å². The highest BCUT2D eigenvalue weighted by Crippen LogP contribution is 2.14. The molecule has 1 aromatic rings. The summed E-state index contributed by atoms with van der Waals surface area (Å²) in [4.78, 5) is 20.4. The smallest absolute Gasteiger partial charge is 0.241 e. The second-order valence-corrected chi connectivity index (χ2v) is 6.49. The zero-order chi connectivity index (χ0) is 18.8. The van der Waals surface area contributed by atoms with Crippen molar-refractivity contribution < 1.29 is 9.53 Å². The van der Waals surface area contributed by atoms with Crippen molar-refractivity contribution in [3.8, 4) is 0 Å². The fraction of sp³-hybridized carbons (Fsp3) is 0.579. The van der Waals surface area contributed by atoms with Gasteiger partial charge in [0.05, 0.1) is 26.3 Å². The largest absolute Gasteiger partial charge is 0.379 e. The molecule has 0 unspecified atom stereocenters. The number of rotatable bonds is 7. The van der Waals surface area contributed by atoms with Gasteiger partial charge in [0.2, 0.25) is 5.91 Å². The highest BCUT2D eigenvalue weighted by molar-refractivity contribution is 14.0. The maximum absolute atomic E-state index is 11.8. The van der Waals surface area contributed by atoms with Crippen molar-refractivity contribution in [1.29, 1.82) is 0 Å². The number of hydrogen-bond acceptors (Lipinski definition) is 4. The molecule has 7 nitrogen and oxygen atoms in total. The number of hydrogen-bond donors (Lipinski definition) is 2. The molecule has 0 radical (unpaired) electrons. The molecular formula is C19H32IN5O2. The molecule has 2 N–H and O–H groups in total. The lowest BCUT2D eigenvalue weighted by Gasteiger charge is -2.27. The van der Waals surface area contributed by atoms with Crippen LogP contribution in [0.4, 0.5) is 0 Å². The van der Waals surface area contributed by atoms with E-state index in [1.54, 1.807) is 19.0 Å². The van der Waals surface area contributed by atoms with Gasteiger partial charge < -0.3 is 20.3 Å². The molecule has 1 aliphatic rings. The van der Waals surface area contributed by atoms with Gasteiger partial charge in [-0.3, -0.25) is 9.69 Å². The number of carbonyl (C=O) groups excluding carboxylic acids is 1. The van der Waals surface area contributed by atoms with Crippen LogP contribution in [0, 0.1) is 0 Å². The second-order valence-electron chi connectivity index (χ2n) is 6.49. The Kier molecular flexibility index (Phi) is 11.3. The third kappa shape index (κ3) is 8.44. The standard InChI is InChI=1S/C19H31N5O2.HI/c1-4-20-19(22-14-18(25)23(2)3)21-13-16-7-5-6-8-17(16)15-24-9-11-26-12-10-24;/h5-8H,4,9-15H2,1-3H3,(H2,20,21,22);1H. The fourth-order valence-corrected chi connectivity index (χ4v) is 2.69. The molecule has 1 saturated heterocycles. The van der Waals surface area contributed by atoms with Crippen molar-refractivity contribution in [3.05, 3.63) is 35.4 Å². The van der Waals surface area contributed by atoms with Crippen LogP contribution < -0.4 is 10.6 Å². The molecule has 1 aliphatic heterocycles. The molecule has 1 amide bonds. The molecule has 1 fully saturated rings. The Labute approximate surface area is 179 Å². The van der Waals surface area contributed by atoms with Gasteiger partial charge in [-0.25, -0.2) is 4.99 Å². The minimum absolute atomic E-state index is 0. The summed E-state index contributed by atoms with van der Waals surface area (Å²) in [6, 6.07) is 8.40. The normalized spacial score (nSPS) is 15.0. The SMILES string of the molecule is CCNC(=NCc1ccccc1CN1CCOCC1)NCC(=O)N(C)C.I. The summed E-state index contributed by atoms with van der Waals surface area (Å²) >= 11 is 0. The first-order valence-corrected chi connectivity index (χ1v) is 9.19. The van der Waals surface area contributed by atoms with Crippen molar-refractivity contribution in [2.45, 2.75) is 20.0 Å². The molecule has 152 valence electrons. The van der Waals surface area contributed by atoms with Crippen LogP contribution in [0.1, 0.15) is 18.1 Å². The van der Waals surface area contributed by atoms with Crippen LogP contribution in [0.25, 0.3) is 0 Å². The van der Waals surface area contributed by atoms with E-state index in [0.29, 0.717) is 12.5 Å². The second kappa shape index (κ2) is 12.9. The van der Waals surface area contributed by atoms with E-state index in [2.05, 4.69) is 38.7 Å². The van der Waals surface area contributed by atoms with Crippen LogP contribution in [-0.2, 0) is 22.6 Å². The van der Waals surface area contributed by atoms with Crippen LogP contribution in [-0.4, -0.2) is 75.2 Å². The Morgan fingerprint density at radius 1 is 1.19 bits per heavy atom. The average molecular weight is 489 g/mol. The lowest BCUT2D eigenvalue weighted by Crippen LogP contribution is -2.42. The molecule has 0 spiro atoms. The minimum atomic E-state index is 0. The first-order chi connectivity index (χ1) is 12.6. The van der Waals surface area contributed by atoms with Gasteiger partial charge in [-0.05, 0) is 18.1 Å². The Morgan fingerprint density at radius 3 is 2.48 bits per heavy atom. The number of ether oxygens (including phenoxy) is 1. The third-order valence-corrected chi connectivity index (χ3v) is 4.27. The topological polar surface area (TPSA) is 69.2 Å². The molecule has 27 heavy (non-hydrogen) atoms. The number of nitrogens with one attached hydrogen (secondary N) is 2. The minimum Gasteiger partial charge on any atom is -0.379 e. The summed E-state index contributed by atoms with van der Waals surface area (Å²) in [6.07, 6.45) is 0. The van der Waals surface area contributed by atoms with Gasteiger partial charge in [-0.15, -0.1) is 24.0 Å². The maximum atomic E-state index is 11.8. The maximum Gasteiger partial charge on any atom is 0.241 e. The zero-order valence-corrected chi connectivity index (χ0v) is 18.9. The zero-order valence-electron chi connectivity index (χ0n) is 16.5. The van der Waals surface area contributed by atoms with E-state index in [9.17, 15) is 4.79 Å². The van der Waals surface area contributed by atoms with E-state index in [1.165, 1.54) is 11.1 Å². The molecule has 0 aliphatic carbocycles. The summed E-state index contributed by atoms with van der Waals surface area (Å²) in [7, 11) is 3.49. The monoisotopic (exact) mass is 489 g/mol. The molecule has 0 aromatic heterocycles. The third-order valence-electron chi connectivity index (χ3n) is 4.27. The van der Waals surface area contributed by atoms with Crippen molar-refractivity contribution in [2.24, 2.45) is 4.99 Å². The van der Waals surface area contributed by atoms with Crippen molar-refractivity contribution in [2.75, 3.05) is 53.5 Å². The van der Waals surface area contributed by atoms with Gasteiger partial charge in [0.25, 0.3) is 0 Å². The van der Waals surface area contributed by atoms with Crippen LogP contribution in [0.5, 0.6) is 0 Å². The fourth-order valence-electron chi connectivity index (χ4n) is 2.69. The molecule has 0 atom stereocenters. The summed E-state index contributed by atoms with van der Waals surface area (Å²) in [6.45, 7) is 8.01. The van der Waals surface area contributed by atoms with E-state index < -0.39 is 0 Å². The number of nitrogens with zero attached hydrogens (tertiary/aromatic N) is 3. The molecule has 0 bridgehead atoms. The van der Waals surface area contributed by atoms with Crippen molar-refractivity contribution in [1.82, 2.24) is 20.4 Å². The average Bonchev–Trinajstić information content (AvgIpc) is 2.65. The molecule has 1 aromatic carbocycles. The Balaban J connectivity index is 0.00000364. The highest BCUT2D eigenvalue weighted by Gasteiger charge is 2.12. The first kappa shape index (κ1) is 23.6. The number of likely N-dealkylation sites (N-methyl/N-ethyl adjacent to an activating group) is 1. The number of amides is 1. The number of guanidine groups is 1. The summed E-state index contributed by atoms with van der Waals surface area (Å²) in [5.74, 6) is 0.673.